The highest BCUT2D eigenvalue weighted by Crippen LogP contribution is 2.60. The Bertz CT molecular complexity index is 1180. The van der Waals surface area contributed by atoms with Gasteiger partial charge in [-0.2, -0.15) is 0 Å². The quantitative estimate of drug-likeness (QED) is 0.509. The number of hydrogen-bond acceptors (Lipinski definition) is 5. The Morgan fingerprint density at radius 1 is 1.05 bits per heavy atom. The van der Waals surface area contributed by atoms with Crippen molar-refractivity contribution in [2.45, 2.75) is 81.3 Å². The van der Waals surface area contributed by atoms with Gasteiger partial charge in [0.15, 0.2) is 0 Å². The number of hydrogen-bond donors (Lipinski definition) is 2. The molecule has 8 nitrogen and oxygen atoms in total. The molecule has 1 saturated carbocycles. The highest BCUT2D eigenvalue weighted by atomic mass is 35.5. The lowest BCUT2D eigenvalue weighted by atomic mass is 9.70. The molecule has 38 heavy (non-hydrogen) atoms. The van der Waals surface area contributed by atoms with Crippen molar-refractivity contribution in [3.63, 3.8) is 0 Å². The first-order valence-electron chi connectivity index (χ1n) is 13.6. The van der Waals surface area contributed by atoms with Crippen LogP contribution in [-0.2, 0) is 23.9 Å². The summed E-state index contributed by atoms with van der Waals surface area (Å²) in [5.74, 6) is -2.48. The molecule has 204 valence electrons. The van der Waals surface area contributed by atoms with Gasteiger partial charge < -0.3 is 25.0 Å². The number of anilines is 1. The minimum absolute atomic E-state index is 0.0818. The SMILES string of the molecule is C[C@]12C=C[C@@]3(O1)[C@H](C(=O)NC1CCCCC1)N(C[C@H]1CCCO1)C(=O)[C@H]3[C@@H]2C(=O)Nc1ccc(Cl)c(Cl)c1. The first-order valence-corrected chi connectivity index (χ1v) is 14.4. The molecule has 3 amide bonds. The van der Waals surface area contributed by atoms with Crippen LogP contribution in [0.4, 0.5) is 5.69 Å². The molecule has 0 unspecified atom stereocenters. The van der Waals surface area contributed by atoms with Crippen LogP contribution in [0.25, 0.3) is 0 Å². The van der Waals surface area contributed by atoms with Gasteiger partial charge in [0.25, 0.3) is 0 Å². The fourth-order valence-electron chi connectivity index (χ4n) is 7.15. The Kier molecular flexibility index (Phi) is 6.74. The lowest BCUT2D eigenvalue weighted by Gasteiger charge is -2.35. The zero-order valence-electron chi connectivity index (χ0n) is 21.4. The van der Waals surface area contributed by atoms with Gasteiger partial charge in [-0.1, -0.05) is 54.6 Å². The maximum Gasteiger partial charge on any atom is 0.246 e. The molecule has 1 spiro atoms. The number of carbonyl (C=O) groups excluding carboxylic acids is 3. The van der Waals surface area contributed by atoms with E-state index in [4.69, 9.17) is 32.7 Å². The van der Waals surface area contributed by atoms with Crippen LogP contribution >= 0.6 is 23.2 Å². The summed E-state index contributed by atoms with van der Waals surface area (Å²) < 4.78 is 12.4. The van der Waals surface area contributed by atoms with Crippen LogP contribution in [0.1, 0.15) is 51.9 Å². The van der Waals surface area contributed by atoms with Crippen molar-refractivity contribution < 1.29 is 23.9 Å². The summed E-state index contributed by atoms with van der Waals surface area (Å²) in [6.45, 7) is 2.75. The third-order valence-electron chi connectivity index (χ3n) is 8.89. The second kappa shape index (κ2) is 9.81. The van der Waals surface area contributed by atoms with Crippen LogP contribution in [0, 0.1) is 11.8 Å². The fraction of sp³-hybridized carbons (Fsp3) is 0.607. The summed E-state index contributed by atoms with van der Waals surface area (Å²) in [4.78, 5) is 43.4. The van der Waals surface area contributed by atoms with Gasteiger partial charge in [-0.05, 0) is 50.8 Å². The highest BCUT2D eigenvalue weighted by Gasteiger charge is 2.76. The van der Waals surface area contributed by atoms with E-state index in [1.54, 1.807) is 23.1 Å². The van der Waals surface area contributed by atoms with E-state index in [-0.39, 0.29) is 29.9 Å². The van der Waals surface area contributed by atoms with Crippen molar-refractivity contribution in [1.29, 1.82) is 0 Å². The van der Waals surface area contributed by atoms with Gasteiger partial charge in [0.05, 0.1) is 33.6 Å². The van der Waals surface area contributed by atoms with Crippen LogP contribution < -0.4 is 10.6 Å². The molecule has 4 aliphatic heterocycles. The summed E-state index contributed by atoms with van der Waals surface area (Å²) in [6, 6.07) is 4.06. The Hall–Kier alpha value is -2.13. The number of fused-ring (bicyclic) bond motifs is 1. The zero-order chi connectivity index (χ0) is 26.7. The molecule has 6 atom stereocenters. The fourth-order valence-corrected chi connectivity index (χ4v) is 7.45. The van der Waals surface area contributed by atoms with Gasteiger partial charge in [-0.25, -0.2) is 0 Å². The van der Waals surface area contributed by atoms with Crippen molar-refractivity contribution in [3.8, 4) is 0 Å². The Morgan fingerprint density at radius 2 is 1.84 bits per heavy atom. The van der Waals surface area contributed by atoms with Gasteiger partial charge in [0.2, 0.25) is 17.7 Å². The third kappa shape index (κ3) is 4.24. The molecule has 10 heteroatoms. The van der Waals surface area contributed by atoms with Crippen molar-refractivity contribution >= 4 is 46.6 Å². The summed E-state index contributed by atoms with van der Waals surface area (Å²) in [5.41, 5.74) is -1.77. The molecule has 0 radical (unpaired) electrons. The van der Waals surface area contributed by atoms with E-state index in [0.29, 0.717) is 28.9 Å². The van der Waals surface area contributed by atoms with E-state index in [9.17, 15) is 14.4 Å². The van der Waals surface area contributed by atoms with Gasteiger partial charge in [0.1, 0.15) is 11.6 Å². The molecule has 4 heterocycles. The first kappa shape index (κ1) is 26.1. The monoisotopic (exact) mass is 561 g/mol. The summed E-state index contributed by atoms with van der Waals surface area (Å²) >= 11 is 12.2. The molecular weight excluding hydrogens is 529 g/mol. The van der Waals surface area contributed by atoms with Crippen LogP contribution in [0.15, 0.2) is 30.4 Å². The van der Waals surface area contributed by atoms with Crippen LogP contribution in [0.2, 0.25) is 10.0 Å². The second-order valence-electron chi connectivity index (χ2n) is 11.4. The van der Waals surface area contributed by atoms with E-state index < -0.39 is 29.1 Å². The molecule has 2 N–H and O–H groups in total. The smallest absolute Gasteiger partial charge is 0.246 e. The lowest BCUT2D eigenvalue weighted by molar-refractivity contribution is -0.145. The minimum Gasteiger partial charge on any atom is -0.376 e. The average Bonchev–Trinajstić information content (AvgIpc) is 3.62. The van der Waals surface area contributed by atoms with Crippen LogP contribution in [0.3, 0.4) is 0 Å². The number of nitrogens with one attached hydrogen (secondary N) is 2. The van der Waals surface area contributed by atoms with Gasteiger partial charge in [-0.15, -0.1) is 0 Å². The van der Waals surface area contributed by atoms with Crippen LogP contribution in [-0.4, -0.2) is 65.2 Å². The Morgan fingerprint density at radius 3 is 2.55 bits per heavy atom. The number of nitrogens with zero attached hydrogens (tertiary/aromatic N) is 1. The molecule has 5 aliphatic rings. The molecule has 4 fully saturated rings. The lowest BCUT2D eigenvalue weighted by Crippen LogP contribution is -2.57. The van der Waals surface area contributed by atoms with Crippen molar-refractivity contribution in [2.24, 2.45) is 11.8 Å². The van der Waals surface area contributed by atoms with Crippen molar-refractivity contribution in [2.75, 3.05) is 18.5 Å². The predicted molar refractivity (Wildman–Crippen MR) is 143 cm³/mol. The first-order chi connectivity index (χ1) is 18.2. The summed E-state index contributed by atoms with van der Waals surface area (Å²) in [6.07, 6.45) is 10.5. The number of benzene rings is 1. The molecular formula is C28H33Cl2N3O5. The number of likely N-dealkylation sites (tertiary alicyclic amines) is 1. The van der Waals surface area contributed by atoms with Crippen molar-refractivity contribution in [1.82, 2.24) is 10.2 Å². The number of rotatable bonds is 6. The van der Waals surface area contributed by atoms with Gasteiger partial charge in [0, 0.05) is 24.9 Å². The molecule has 1 aromatic rings. The second-order valence-corrected chi connectivity index (χ2v) is 12.2. The molecule has 3 saturated heterocycles. The van der Waals surface area contributed by atoms with E-state index in [2.05, 4.69) is 10.6 Å². The van der Waals surface area contributed by atoms with E-state index in [1.807, 2.05) is 19.1 Å². The Balaban J connectivity index is 1.32. The van der Waals surface area contributed by atoms with E-state index in [1.165, 1.54) is 6.42 Å². The Labute approximate surface area is 232 Å². The standard InChI is InChI=1S/C28H33Cl2N3O5/c1-27-11-12-28(38-27)22(21(27)24(34)32-17-9-10-19(29)20(30)14-17)26(36)33(15-18-8-5-13-37-18)23(28)25(35)31-16-6-3-2-4-7-16/h9-12,14,16,18,21-23H,2-8,13,15H2,1H3,(H,31,35)(H,32,34)/t18-,21-,22-,23+,27-,28+/m1/s1. The number of halogens is 2. The summed E-state index contributed by atoms with van der Waals surface area (Å²) in [5, 5.41) is 6.81. The highest BCUT2D eigenvalue weighted by molar-refractivity contribution is 6.42. The summed E-state index contributed by atoms with van der Waals surface area (Å²) in [7, 11) is 0. The molecule has 6 rings (SSSR count). The maximum absolute atomic E-state index is 14.1. The molecule has 1 aromatic carbocycles. The van der Waals surface area contributed by atoms with Gasteiger partial charge in [-0.3, -0.25) is 14.4 Å². The van der Waals surface area contributed by atoms with Crippen LogP contribution in [0.5, 0.6) is 0 Å². The minimum atomic E-state index is -1.22. The van der Waals surface area contributed by atoms with Crippen molar-refractivity contribution in [3.05, 3.63) is 40.4 Å². The number of amides is 3. The number of carbonyl (C=O) groups is 3. The maximum atomic E-state index is 14.1. The predicted octanol–water partition coefficient (Wildman–Crippen LogP) is 4.10. The molecule has 0 aromatic heterocycles. The van der Waals surface area contributed by atoms with Gasteiger partial charge >= 0.3 is 0 Å². The zero-order valence-corrected chi connectivity index (χ0v) is 22.9. The average molecular weight is 562 g/mol. The molecule has 2 bridgehead atoms. The largest absolute Gasteiger partial charge is 0.376 e. The normalized spacial score (nSPS) is 36.1. The molecule has 1 aliphatic carbocycles. The topological polar surface area (TPSA) is 97.0 Å². The third-order valence-corrected chi connectivity index (χ3v) is 9.63. The van der Waals surface area contributed by atoms with E-state index >= 15 is 0 Å². The number of ether oxygens (including phenoxy) is 2. The van der Waals surface area contributed by atoms with E-state index in [0.717, 1.165) is 38.5 Å².